The van der Waals surface area contributed by atoms with Crippen LogP contribution < -0.4 is 9.47 Å². The molecule has 104 valence electrons. The van der Waals surface area contributed by atoms with Gasteiger partial charge in [0.2, 0.25) is 0 Å². The number of ketones is 1. The van der Waals surface area contributed by atoms with E-state index in [1.807, 2.05) is 0 Å². The molecule has 0 unspecified atom stereocenters. The molecule has 0 aliphatic carbocycles. The van der Waals surface area contributed by atoms with Crippen molar-refractivity contribution >= 4 is 5.78 Å². The first-order valence-electron chi connectivity index (χ1n) is 5.78. The second kappa shape index (κ2) is 5.69. The van der Waals surface area contributed by atoms with Gasteiger partial charge in [-0.15, -0.1) is 0 Å². The monoisotopic (exact) mass is 278 g/mol. The highest BCUT2D eigenvalue weighted by molar-refractivity contribution is 6.11. The molecule has 0 aliphatic rings. The Morgan fingerprint density at radius 1 is 0.950 bits per heavy atom. The van der Waals surface area contributed by atoms with Crippen LogP contribution in [0.5, 0.6) is 11.5 Å². The van der Waals surface area contributed by atoms with Crippen LogP contribution in [-0.2, 0) is 0 Å². The molecule has 0 fully saturated rings. The molecule has 0 radical (unpaired) electrons. The van der Waals surface area contributed by atoms with Crippen molar-refractivity contribution in [2.75, 3.05) is 14.2 Å². The first-order chi connectivity index (χ1) is 9.56. The maximum Gasteiger partial charge on any atom is 0.199 e. The fraction of sp³-hybridized carbons (Fsp3) is 0.133. The van der Waals surface area contributed by atoms with Crippen molar-refractivity contribution in [3.05, 3.63) is 59.2 Å². The Kier molecular flexibility index (Phi) is 3.98. The summed E-state index contributed by atoms with van der Waals surface area (Å²) < 4.78 is 36.7. The van der Waals surface area contributed by atoms with Crippen LogP contribution in [0.3, 0.4) is 0 Å². The fourth-order valence-corrected chi connectivity index (χ4v) is 1.81. The van der Waals surface area contributed by atoms with E-state index in [9.17, 15) is 13.6 Å². The lowest BCUT2D eigenvalue weighted by Gasteiger charge is -2.10. The molecule has 0 aromatic heterocycles. The van der Waals surface area contributed by atoms with E-state index in [1.54, 1.807) is 12.1 Å². The Morgan fingerprint density at radius 2 is 1.70 bits per heavy atom. The third-order valence-electron chi connectivity index (χ3n) is 2.83. The summed E-state index contributed by atoms with van der Waals surface area (Å²) in [6, 6.07) is 7.42. The van der Waals surface area contributed by atoms with E-state index in [4.69, 9.17) is 9.47 Å². The zero-order valence-electron chi connectivity index (χ0n) is 10.9. The molecule has 0 N–H and O–H groups in total. The zero-order valence-corrected chi connectivity index (χ0v) is 10.9. The van der Waals surface area contributed by atoms with Gasteiger partial charge in [-0.25, -0.2) is 8.78 Å². The van der Waals surface area contributed by atoms with E-state index >= 15 is 0 Å². The summed E-state index contributed by atoms with van der Waals surface area (Å²) in [5.74, 6) is -1.52. The summed E-state index contributed by atoms with van der Waals surface area (Å²) in [6.07, 6.45) is 0. The van der Waals surface area contributed by atoms with Crippen LogP contribution in [0.15, 0.2) is 36.4 Å². The zero-order chi connectivity index (χ0) is 14.7. The molecular weight excluding hydrogens is 266 g/mol. The summed E-state index contributed by atoms with van der Waals surface area (Å²) >= 11 is 0. The number of methoxy groups -OCH3 is 2. The molecule has 0 spiro atoms. The standard InChI is InChI=1S/C15H12F2O3/c1-19-10-4-6-14(20-2)12(8-10)15(18)11-5-3-9(16)7-13(11)17/h3-8H,1-2H3. The van der Waals surface area contributed by atoms with Crippen molar-refractivity contribution < 1.29 is 23.0 Å². The van der Waals surface area contributed by atoms with Gasteiger partial charge in [0.25, 0.3) is 0 Å². The van der Waals surface area contributed by atoms with Crippen molar-refractivity contribution in [1.29, 1.82) is 0 Å². The van der Waals surface area contributed by atoms with Crippen LogP contribution in [-0.4, -0.2) is 20.0 Å². The molecule has 0 saturated carbocycles. The molecule has 0 amide bonds. The molecule has 20 heavy (non-hydrogen) atoms. The van der Waals surface area contributed by atoms with E-state index in [1.165, 1.54) is 20.3 Å². The third kappa shape index (κ3) is 2.61. The largest absolute Gasteiger partial charge is 0.497 e. The van der Waals surface area contributed by atoms with E-state index in [-0.39, 0.29) is 11.1 Å². The third-order valence-corrected chi connectivity index (χ3v) is 2.83. The molecule has 2 aromatic rings. The highest BCUT2D eigenvalue weighted by Crippen LogP contribution is 2.27. The van der Waals surface area contributed by atoms with Gasteiger partial charge in [-0.3, -0.25) is 4.79 Å². The number of benzene rings is 2. The highest BCUT2D eigenvalue weighted by atomic mass is 19.1. The topological polar surface area (TPSA) is 35.5 Å². The van der Waals surface area contributed by atoms with Crippen molar-refractivity contribution in [3.8, 4) is 11.5 Å². The number of carbonyl (C=O) groups is 1. The van der Waals surface area contributed by atoms with Crippen LogP contribution in [0.25, 0.3) is 0 Å². The molecule has 2 rings (SSSR count). The Labute approximate surface area is 114 Å². The number of ether oxygens (including phenoxy) is 2. The smallest absolute Gasteiger partial charge is 0.199 e. The summed E-state index contributed by atoms with van der Waals surface area (Å²) in [5.41, 5.74) is -0.0738. The Hall–Kier alpha value is -2.43. The summed E-state index contributed by atoms with van der Waals surface area (Å²) in [5, 5.41) is 0. The minimum Gasteiger partial charge on any atom is -0.497 e. The Bertz CT molecular complexity index is 654. The fourth-order valence-electron chi connectivity index (χ4n) is 1.81. The van der Waals surface area contributed by atoms with Crippen molar-refractivity contribution in [2.45, 2.75) is 0 Å². The number of carbonyl (C=O) groups excluding carboxylic acids is 1. The molecule has 0 atom stereocenters. The number of hydrogen-bond acceptors (Lipinski definition) is 3. The molecular formula is C15H12F2O3. The quantitative estimate of drug-likeness (QED) is 0.806. The van der Waals surface area contributed by atoms with E-state index < -0.39 is 17.4 Å². The van der Waals surface area contributed by atoms with Crippen LogP contribution >= 0.6 is 0 Å². The molecule has 0 heterocycles. The first-order valence-corrected chi connectivity index (χ1v) is 5.78. The van der Waals surface area contributed by atoms with Crippen LogP contribution in [0.4, 0.5) is 8.78 Å². The van der Waals surface area contributed by atoms with E-state index in [0.29, 0.717) is 17.6 Å². The minimum atomic E-state index is -0.917. The molecule has 5 heteroatoms. The van der Waals surface area contributed by atoms with Gasteiger partial charge < -0.3 is 9.47 Å². The predicted octanol–water partition coefficient (Wildman–Crippen LogP) is 3.21. The van der Waals surface area contributed by atoms with E-state index in [0.717, 1.165) is 12.1 Å². The summed E-state index contributed by atoms with van der Waals surface area (Å²) in [7, 11) is 2.86. The van der Waals surface area contributed by atoms with Gasteiger partial charge in [0.05, 0.1) is 25.3 Å². The van der Waals surface area contributed by atoms with Gasteiger partial charge in [0.15, 0.2) is 5.78 Å². The van der Waals surface area contributed by atoms with E-state index in [2.05, 4.69) is 0 Å². The molecule has 3 nitrogen and oxygen atoms in total. The van der Waals surface area contributed by atoms with Crippen LogP contribution in [0.1, 0.15) is 15.9 Å². The first kappa shape index (κ1) is 14.0. The lowest BCUT2D eigenvalue weighted by atomic mass is 10.0. The number of rotatable bonds is 4. The van der Waals surface area contributed by atoms with Crippen molar-refractivity contribution in [3.63, 3.8) is 0 Å². The minimum absolute atomic E-state index is 0.150. The second-order valence-electron chi connectivity index (χ2n) is 4.02. The van der Waals surface area contributed by atoms with Gasteiger partial charge >= 0.3 is 0 Å². The average Bonchev–Trinajstić information content (AvgIpc) is 2.46. The van der Waals surface area contributed by atoms with Crippen LogP contribution in [0.2, 0.25) is 0 Å². The highest BCUT2D eigenvalue weighted by Gasteiger charge is 2.19. The molecule has 2 aromatic carbocycles. The van der Waals surface area contributed by atoms with Gasteiger partial charge in [-0.1, -0.05) is 0 Å². The van der Waals surface area contributed by atoms with Crippen molar-refractivity contribution in [2.24, 2.45) is 0 Å². The molecule has 0 saturated heterocycles. The second-order valence-corrected chi connectivity index (χ2v) is 4.02. The van der Waals surface area contributed by atoms with Gasteiger partial charge in [0, 0.05) is 6.07 Å². The number of hydrogen-bond donors (Lipinski definition) is 0. The van der Waals surface area contributed by atoms with Crippen LogP contribution in [0, 0.1) is 11.6 Å². The summed E-state index contributed by atoms with van der Waals surface area (Å²) in [4.78, 5) is 12.3. The Balaban J connectivity index is 2.51. The lowest BCUT2D eigenvalue weighted by molar-refractivity contribution is 0.103. The summed E-state index contributed by atoms with van der Waals surface area (Å²) in [6.45, 7) is 0. The maximum atomic E-state index is 13.7. The van der Waals surface area contributed by atoms with Crippen molar-refractivity contribution in [1.82, 2.24) is 0 Å². The Morgan fingerprint density at radius 3 is 2.30 bits per heavy atom. The van der Waals surface area contributed by atoms with Gasteiger partial charge in [-0.05, 0) is 30.3 Å². The molecule has 0 bridgehead atoms. The normalized spacial score (nSPS) is 10.2. The van der Waals surface area contributed by atoms with Gasteiger partial charge in [0.1, 0.15) is 23.1 Å². The average molecular weight is 278 g/mol. The lowest BCUT2D eigenvalue weighted by Crippen LogP contribution is -2.07. The predicted molar refractivity (Wildman–Crippen MR) is 69.3 cm³/mol. The SMILES string of the molecule is COc1ccc(OC)c(C(=O)c2ccc(F)cc2F)c1. The molecule has 0 aliphatic heterocycles. The number of halogens is 2. The van der Waals surface area contributed by atoms with Gasteiger partial charge in [-0.2, -0.15) is 0 Å². The maximum absolute atomic E-state index is 13.7.